The van der Waals surface area contributed by atoms with Gasteiger partial charge in [0.2, 0.25) is 0 Å². The first-order chi connectivity index (χ1) is 5.79. The molecular weight excluding hydrogens is 152 g/mol. The fraction of sp³-hybridized carbons (Fsp3) is 1.00. The molecule has 2 aliphatic carbocycles. The molecule has 12 heavy (non-hydrogen) atoms. The lowest BCUT2D eigenvalue weighted by molar-refractivity contribution is -0.0394. The van der Waals surface area contributed by atoms with Gasteiger partial charge < -0.3 is 9.84 Å². The van der Waals surface area contributed by atoms with Crippen LogP contribution in [0.5, 0.6) is 0 Å². The summed E-state index contributed by atoms with van der Waals surface area (Å²) in [5.41, 5.74) is 0. The predicted octanol–water partition coefficient (Wildman–Crippen LogP) is 1.57. The van der Waals surface area contributed by atoms with Crippen LogP contribution in [0.1, 0.15) is 32.1 Å². The number of aliphatic hydroxyl groups is 1. The van der Waals surface area contributed by atoms with E-state index in [0.717, 1.165) is 12.3 Å². The third-order valence-electron chi connectivity index (χ3n) is 3.54. The zero-order valence-corrected chi connectivity index (χ0v) is 7.70. The van der Waals surface area contributed by atoms with Crippen molar-refractivity contribution in [1.29, 1.82) is 0 Å². The van der Waals surface area contributed by atoms with Gasteiger partial charge in [-0.15, -0.1) is 0 Å². The lowest BCUT2D eigenvalue weighted by Crippen LogP contribution is -2.38. The van der Waals surface area contributed by atoms with Gasteiger partial charge in [-0.05, 0) is 43.9 Å². The van der Waals surface area contributed by atoms with Crippen LogP contribution in [-0.4, -0.2) is 24.4 Å². The molecule has 2 unspecified atom stereocenters. The van der Waals surface area contributed by atoms with Gasteiger partial charge in [-0.2, -0.15) is 0 Å². The third-order valence-corrected chi connectivity index (χ3v) is 3.54. The van der Waals surface area contributed by atoms with E-state index in [4.69, 9.17) is 4.74 Å². The van der Waals surface area contributed by atoms with E-state index in [2.05, 4.69) is 0 Å². The Labute approximate surface area is 73.9 Å². The molecule has 70 valence electrons. The number of rotatable bonds is 3. The molecule has 2 saturated carbocycles. The summed E-state index contributed by atoms with van der Waals surface area (Å²) in [7, 11) is 1.79. The number of methoxy groups -OCH3 is 1. The molecule has 0 amide bonds. The Kier molecular flexibility index (Phi) is 2.37. The third kappa shape index (κ3) is 1.50. The number of aliphatic hydroxyl groups excluding tert-OH is 1. The zero-order valence-electron chi connectivity index (χ0n) is 7.70. The van der Waals surface area contributed by atoms with Crippen LogP contribution in [0.3, 0.4) is 0 Å². The molecule has 2 heteroatoms. The molecule has 2 fully saturated rings. The highest BCUT2D eigenvalue weighted by atomic mass is 16.5. The first-order valence-corrected chi connectivity index (χ1v) is 5.00. The molecule has 2 nitrogen and oxygen atoms in total. The SMILES string of the molecule is COC1CC(CC2CCC2O)C1. The molecule has 0 heterocycles. The summed E-state index contributed by atoms with van der Waals surface area (Å²) in [6, 6.07) is 0. The summed E-state index contributed by atoms with van der Waals surface area (Å²) in [6.07, 6.45) is 6.50. The molecule has 0 aromatic carbocycles. The molecule has 0 aromatic heterocycles. The van der Waals surface area contributed by atoms with Crippen molar-refractivity contribution in [3.05, 3.63) is 0 Å². The van der Waals surface area contributed by atoms with E-state index in [-0.39, 0.29) is 6.10 Å². The van der Waals surface area contributed by atoms with Gasteiger partial charge >= 0.3 is 0 Å². The van der Waals surface area contributed by atoms with Gasteiger partial charge in [0, 0.05) is 7.11 Å². The molecule has 0 aromatic rings. The van der Waals surface area contributed by atoms with Gasteiger partial charge in [0.15, 0.2) is 0 Å². The maximum absolute atomic E-state index is 9.37. The van der Waals surface area contributed by atoms with E-state index in [9.17, 15) is 5.11 Å². The Bertz CT molecular complexity index is 152. The fourth-order valence-corrected chi connectivity index (χ4v) is 2.31. The van der Waals surface area contributed by atoms with E-state index in [1.165, 1.54) is 25.7 Å². The predicted molar refractivity (Wildman–Crippen MR) is 46.9 cm³/mol. The quantitative estimate of drug-likeness (QED) is 0.696. The highest BCUT2D eigenvalue weighted by Crippen LogP contribution is 2.40. The van der Waals surface area contributed by atoms with Crippen molar-refractivity contribution in [2.75, 3.05) is 7.11 Å². The van der Waals surface area contributed by atoms with Crippen LogP contribution in [0.4, 0.5) is 0 Å². The summed E-state index contributed by atoms with van der Waals surface area (Å²) in [6.45, 7) is 0. The minimum Gasteiger partial charge on any atom is -0.393 e. The summed E-state index contributed by atoms with van der Waals surface area (Å²) in [5, 5.41) is 9.37. The number of ether oxygens (including phenoxy) is 1. The minimum absolute atomic E-state index is 0.0200. The minimum atomic E-state index is 0.0200. The molecule has 2 aliphatic rings. The average molecular weight is 170 g/mol. The van der Waals surface area contributed by atoms with E-state index in [0.29, 0.717) is 12.0 Å². The van der Waals surface area contributed by atoms with Crippen LogP contribution in [0.25, 0.3) is 0 Å². The molecule has 0 radical (unpaired) electrons. The van der Waals surface area contributed by atoms with Crippen molar-refractivity contribution in [3.63, 3.8) is 0 Å². The molecule has 2 atom stereocenters. The summed E-state index contributed by atoms with van der Waals surface area (Å²) in [4.78, 5) is 0. The smallest absolute Gasteiger partial charge is 0.0576 e. The Morgan fingerprint density at radius 1 is 1.33 bits per heavy atom. The Morgan fingerprint density at radius 3 is 2.50 bits per heavy atom. The van der Waals surface area contributed by atoms with Crippen LogP contribution < -0.4 is 0 Å². The van der Waals surface area contributed by atoms with Crippen LogP contribution >= 0.6 is 0 Å². The maximum atomic E-state index is 9.37. The zero-order chi connectivity index (χ0) is 8.55. The summed E-state index contributed by atoms with van der Waals surface area (Å²) >= 11 is 0. The van der Waals surface area contributed by atoms with Gasteiger partial charge in [0.25, 0.3) is 0 Å². The number of hydrogen-bond acceptors (Lipinski definition) is 2. The topological polar surface area (TPSA) is 29.5 Å². The molecule has 2 rings (SSSR count). The van der Waals surface area contributed by atoms with Crippen molar-refractivity contribution in [2.45, 2.75) is 44.3 Å². The van der Waals surface area contributed by atoms with Crippen LogP contribution in [0.15, 0.2) is 0 Å². The molecule has 1 N–H and O–H groups in total. The summed E-state index contributed by atoms with van der Waals surface area (Å²) in [5.74, 6) is 1.46. The largest absolute Gasteiger partial charge is 0.393 e. The molecular formula is C10H18O2. The molecule has 0 spiro atoms. The Balaban J connectivity index is 1.63. The highest BCUT2D eigenvalue weighted by Gasteiger charge is 2.36. The standard InChI is InChI=1S/C10H18O2/c1-12-9-5-7(6-9)4-8-2-3-10(8)11/h7-11H,2-6H2,1H3. The molecule has 0 aliphatic heterocycles. The second kappa shape index (κ2) is 3.35. The van der Waals surface area contributed by atoms with Crippen molar-refractivity contribution in [3.8, 4) is 0 Å². The fourth-order valence-electron chi connectivity index (χ4n) is 2.31. The van der Waals surface area contributed by atoms with Gasteiger partial charge in [0.1, 0.15) is 0 Å². The lowest BCUT2D eigenvalue weighted by atomic mass is 9.70. The average Bonchev–Trinajstić information content (AvgIpc) is 1.99. The van der Waals surface area contributed by atoms with Crippen molar-refractivity contribution in [1.82, 2.24) is 0 Å². The van der Waals surface area contributed by atoms with E-state index >= 15 is 0 Å². The first kappa shape index (κ1) is 8.52. The van der Waals surface area contributed by atoms with Gasteiger partial charge in [-0.25, -0.2) is 0 Å². The highest BCUT2D eigenvalue weighted by molar-refractivity contribution is 4.87. The van der Waals surface area contributed by atoms with Gasteiger partial charge in [0.05, 0.1) is 12.2 Å². The number of hydrogen-bond donors (Lipinski definition) is 1. The van der Waals surface area contributed by atoms with Crippen molar-refractivity contribution in [2.24, 2.45) is 11.8 Å². The first-order valence-electron chi connectivity index (χ1n) is 5.00. The maximum Gasteiger partial charge on any atom is 0.0576 e. The van der Waals surface area contributed by atoms with Crippen LogP contribution in [0.2, 0.25) is 0 Å². The summed E-state index contributed by atoms with van der Waals surface area (Å²) < 4.78 is 5.21. The normalized spacial score (nSPS) is 46.5. The van der Waals surface area contributed by atoms with Crippen molar-refractivity contribution < 1.29 is 9.84 Å². The van der Waals surface area contributed by atoms with E-state index < -0.39 is 0 Å². The van der Waals surface area contributed by atoms with E-state index in [1.807, 2.05) is 0 Å². The van der Waals surface area contributed by atoms with Gasteiger partial charge in [-0.3, -0.25) is 0 Å². The monoisotopic (exact) mass is 170 g/mol. The van der Waals surface area contributed by atoms with Gasteiger partial charge in [-0.1, -0.05) is 0 Å². The Hall–Kier alpha value is -0.0800. The molecule has 0 bridgehead atoms. The van der Waals surface area contributed by atoms with Crippen LogP contribution in [0, 0.1) is 11.8 Å². The Morgan fingerprint density at radius 2 is 2.08 bits per heavy atom. The van der Waals surface area contributed by atoms with Crippen molar-refractivity contribution >= 4 is 0 Å². The van der Waals surface area contributed by atoms with Crippen LogP contribution in [-0.2, 0) is 4.74 Å². The van der Waals surface area contributed by atoms with E-state index in [1.54, 1.807) is 7.11 Å². The second-order valence-electron chi connectivity index (χ2n) is 4.34. The molecule has 0 saturated heterocycles. The second-order valence-corrected chi connectivity index (χ2v) is 4.34. The lowest BCUT2D eigenvalue weighted by Gasteiger charge is -2.41.